The van der Waals surface area contributed by atoms with Crippen LogP contribution in [0.5, 0.6) is 5.75 Å². The Labute approximate surface area is 220 Å². The fraction of sp³-hybridized carbons (Fsp3) is 0.357. The minimum absolute atomic E-state index is 0.0427. The van der Waals surface area contributed by atoms with Gasteiger partial charge >= 0.3 is 6.03 Å². The zero-order valence-electron chi connectivity index (χ0n) is 22.1. The molecule has 3 aromatic rings. The van der Waals surface area contributed by atoms with Crippen LogP contribution in [0.4, 0.5) is 20.6 Å². The van der Waals surface area contributed by atoms with E-state index in [0.29, 0.717) is 18.8 Å². The number of methoxy groups -OCH3 is 1. The summed E-state index contributed by atoms with van der Waals surface area (Å²) < 4.78 is 22.2. The summed E-state index contributed by atoms with van der Waals surface area (Å²) in [6, 6.07) is 13.4. The van der Waals surface area contributed by atoms with Crippen LogP contribution < -0.4 is 20.1 Å². The average molecular weight is 519 g/mol. The zero-order chi connectivity index (χ0) is 27.2. The van der Waals surface area contributed by atoms with E-state index in [9.17, 15) is 9.59 Å². The Hall–Kier alpha value is -4.21. The second-order valence-electron chi connectivity index (χ2n) is 10.5. The number of carbonyl (C=O) groups excluding carboxylic acids is 1. The molecule has 2 aliphatic heterocycles. The van der Waals surface area contributed by atoms with Crippen molar-refractivity contribution >= 4 is 23.6 Å². The third-order valence-electron chi connectivity index (χ3n) is 6.93. The largest absolute Gasteiger partial charge is 0.491 e. The predicted molar refractivity (Wildman–Crippen MR) is 145 cm³/mol. The highest BCUT2D eigenvalue weighted by atomic mass is 19.1. The van der Waals surface area contributed by atoms with Crippen LogP contribution in [0.15, 0.2) is 64.6 Å². The van der Waals surface area contributed by atoms with Crippen molar-refractivity contribution in [2.75, 3.05) is 30.1 Å². The molecule has 1 fully saturated rings. The number of anilines is 2. The van der Waals surface area contributed by atoms with E-state index in [1.54, 1.807) is 33.2 Å². The quantitative estimate of drug-likeness (QED) is 0.493. The van der Waals surface area contributed by atoms with Gasteiger partial charge in [0.15, 0.2) is 11.6 Å². The summed E-state index contributed by atoms with van der Waals surface area (Å²) in [6.07, 6.45) is 3.14. The monoisotopic (exact) mass is 518 g/mol. The molecule has 38 heavy (non-hydrogen) atoms. The molecule has 0 saturated carbocycles. The normalized spacial score (nSPS) is 19.5. The minimum Gasteiger partial charge on any atom is -0.491 e. The fourth-order valence-electron chi connectivity index (χ4n) is 4.92. The van der Waals surface area contributed by atoms with Gasteiger partial charge in [0.05, 0.1) is 19.0 Å². The molecule has 1 saturated heterocycles. The molecule has 0 N–H and O–H groups in total. The number of amides is 2. The number of hydrazone groups is 1. The summed E-state index contributed by atoms with van der Waals surface area (Å²) in [5.41, 5.74) is 0.885. The van der Waals surface area contributed by atoms with Crippen molar-refractivity contribution in [3.8, 4) is 11.4 Å². The van der Waals surface area contributed by atoms with Gasteiger partial charge in [-0.1, -0.05) is 25.1 Å². The number of aromatic nitrogens is 2. The van der Waals surface area contributed by atoms with Crippen LogP contribution in [-0.2, 0) is 0 Å². The maximum Gasteiger partial charge on any atom is 0.325 e. The third-order valence-corrected chi connectivity index (χ3v) is 6.93. The molecule has 2 amide bonds. The Bertz CT molecular complexity index is 1450. The Morgan fingerprint density at radius 2 is 1.76 bits per heavy atom. The van der Waals surface area contributed by atoms with Crippen molar-refractivity contribution in [2.24, 2.45) is 11.0 Å². The van der Waals surface area contributed by atoms with Gasteiger partial charge in [0.2, 0.25) is 5.43 Å². The molecule has 2 unspecified atom stereocenters. The second-order valence-corrected chi connectivity index (χ2v) is 10.5. The number of benzene rings is 2. The topological polar surface area (TPSA) is 83.3 Å². The summed E-state index contributed by atoms with van der Waals surface area (Å²) in [6.45, 7) is 8.90. The number of ether oxygens (including phenoxy) is 1. The summed E-state index contributed by atoms with van der Waals surface area (Å²) in [4.78, 5) is 29.6. The predicted octanol–water partition coefficient (Wildman–Crippen LogP) is 4.60. The van der Waals surface area contributed by atoms with Crippen molar-refractivity contribution < 1.29 is 13.9 Å². The number of urea groups is 1. The molecule has 2 aliphatic rings. The summed E-state index contributed by atoms with van der Waals surface area (Å²) in [7, 11) is 1.40. The first kappa shape index (κ1) is 25.4. The number of hydrogen-bond donors (Lipinski definition) is 0. The van der Waals surface area contributed by atoms with Crippen molar-refractivity contribution in [2.45, 2.75) is 39.3 Å². The molecule has 0 spiro atoms. The number of halogens is 1. The van der Waals surface area contributed by atoms with Gasteiger partial charge in [0, 0.05) is 36.4 Å². The van der Waals surface area contributed by atoms with Crippen LogP contribution in [0.25, 0.3) is 5.69 Å². The van der Waals surface area contributed by atoms with E-state index in [1.807, 2.05) is 58.0 Å². The van der Waals surface area contributed by atoms with Crippen molar-refractivity contribution in [1.82, 2.24) is 14.7 Å². The number of nitrogens with zero attached hydrogens (tertiary/aromatic N) is 6. The molecule has 2 atom stereocenters. The molecule has 0 aliphatic carbocycles. The number of rotatable bonds is 5. The van der Waals surface area contributed by atoms with Crippen LogP contribution in [0.1, 0.15) is 39.4 Å². The van der Waals surface area contributed by atoms with Gasteiger partial charge in [0.1, 0.15) is 17.4 Å². The van der Waals surface area contributed by atoms with Gasteiger partial charge in [-0.05, 0) is 51.1 Å². The molecule has 0 bridgehead atoms. The maximum absolute atomic E-state index is 15.5. The highest BCUT2D eigenvalue weighted by Crippen LogP contribution is 2.35. The summed E-state index contributed by atoms with van der Waals surface area (Å²) in [5.74, 6) is -0.666. The van der Waals surface area contributed by atoms with E-state index in [4.69, 9.17) is 4.74 Å². The van der Waals surface area contributed by atoms with Crippen LogP contribution in [0, 0.1) is 11.7 Å². The summed E-state index contributed by atoms with van der Waals surface area (Å²) in [5, 5.41) is 10.8. The lowest BCUT2D eigenvalue weighted by molar-refractivity contribution is 0.173. The van der Waals surface area contributed by atoms with E-state index < -0.39 is 11.9 Å². The van der Waals surface area contributed by atoms with E-state index in [0.717, 1.165) is 5.69 Å². The van der Waals surface area contributed by atoms with Gasteiger partial charge in [-0.25, -0.2) is 13.9 Å². The number of hydrogen-bond acceptors (Lipinski definition) is 6. The lowest BCUT2D eigenvalue weighted by Gasteiger charge is -2.31. The van der Waals surface area contributed by atoms with Gasteiger partial charge in [0.25, 0.3) is 0 Å². The van der Waals surface area contributed by atoms with Crippen molar-refractivity contribution in [3.05, 3.63) is 76.5 Å². The highest BCUT2D eigenvalue weighted by molar-refractivity contribution is 5.94. The highest BCUT2D eigenvalue weighted by Gasteiger charge is 2.37. The van der Waals surface area contributed by atoms with Gasteiger partial charge < -0.3 is 9.64 Å². The maximum atomic E-state index is 15.5. The lowest BCUT2D eigenvalue weighted by atomic mass is 9.99. The SMILES string of the molecule is COc1cn(-c2ccc(N3CCN(C(C)(C)C)C3=O)cc2F)nc(C2C(C)C=NN2c2ccccc2)c1=O. The first-order valence-corrected chi connectivity index (χ1v) is 12.6. The average Bonchev–Trinajstić information content (AvgIpc) is 3.47. The number of para-hydroxylation sites is 1. The first-order chi connectivity index (χ1) is 18.1. The lowest BCUT2D eigenvalue weighted by Crippen LogP contribution is -2.44. The molecular formula is C28H31FN6O3. The van der Waals surface area contributed by atoms with Crippen molar-refractivity contribution in [1.29, 1.82) is 0 Å². The molecule has 2 aromatic carbocycles. The molecule has 0 radical (unpaired) electrons. The van der Waals surface area contributed by atoms with E-state index in [-0.39, 0.29) is 40.0 Å². The van der Waals surface area contributed by atoms with E-state index >= 15 is 4.39 Å². The smallest absolute Gasteiger partial charge is 0.325 e. The van der Waals surface area contributed by atoms with Crippen LogP contribution in [0.3, 0.4) is 0 Å². The molecular weight excluding hydrogens is 487 g/mol. The molecule has 9 nitrogen and oxygen atoms in total. The Kier molecular flexibility index (Phi) is 6.42. The Morgan fingerprint density at radius 3 is 2.39 bits per heavy atom. The number of carbonyl (C=O) groups is 1. The standard InChI is InChI=1S/C28H31FN6O3/c1-18-16-30-35(19-9-7-6-8-10-19)25(18)24-26(36)23(38-5)17-34(31-24)22-12-11-20(15-21(22)29)32-13-14-33(27(32)37)28(2,3)4/h6-12,15-18,25H,13-14H2,1-5H3. The van der Waals surface area contributed by atoms with E-state index in [2.05, 4.69) is 10.2 Å². The van der Waals surface area contributed by atoms with Crippen LogP contribution in [0.2, 0.25) is 0 Å². The Morgan fingerprint density at radius 1 is 1.03 bits per heavy atom. The fourth-order valence-corrected chi connectivity index (χ4v) is 4.92. The second kappa shape index (κ2) is 9.59. The molecule has 5 rings (SSSR count). The van der Waals surface area contributed by atoms with Gasteiger partial charge in [-0.3, -0.25) is 14.7 Å². The molecule has 1 aromatic heterocycles. The molecule has 10 heteroatoms. The van der Waals surface area contributed by atoms with Gasteiger partial charge in [-0.15, -0.1) is 0 Å². The summed E-state index contributed by atoms with van der Waals surface area (Å²) >= 11 is 0. The van der Waals surface area contributed by atoms with Crippen molar-refractivity contribution in [3.63, 3.8) is 0 Å². The van der Waals surface area contributed by atoms with Crippen LogP contribution in [-0.4, -0.2) is 52.7 Å². The Balaban J connectivity index is 1.53. The molecule has 3 heterocycles. The first-order valence-electron chi connectivity index (χ1n) is 12.6. The van der Waals surface area contributed by atoms with Gasteiger partial charge in [-0.2, -0.15) is 10.2 Å². The van der Waals surface area contributed by atoms with E-state index in [1.165, 1.54) is 24.1 Å². The minimum atomic E-state index is -0.579. The third kappa shape index (κ3) is 4.40. The molecule has 198 valence electrons. The van der Waals surface area contributed by atoms with Crippen LogP contribution >= 0.6 is 0 Å². The zero-order valence-corrected chi connectivity index (χ0v) is 22.1.